The summed E-state index contributed by atoms with van der Waals surface area (Å²) in [4.78, 5) is 11.0. The molecule has 0 aliphatic heterocycles. The zero-order chi connectivity index (χ0) is 11.4. The van der Waals surface area contributed by atoms with E-state index in [1.807, 2.05) is 13.0 Å². The van der Waals surface area contributed by atoms with E-state index in [2.05, 4.69) is 0 Å². The second kappa shape index (κ2) is 4.81. The van der Waals surface area contributed by atoms with Crippen LogP contribution in [0.3, 0.4) is 0 Å². The van der Waals surface area contributed by atoms with Gasteiger partial charge in [-0.15, -0.1) is 11.6 Å². The molecule has 0 aliphatic rings. The zero-order valence-corrected chi connectivity index (χ0v) is 9.01. The van der Waals surface area contributed by atoms with E-state index in [9.17, 15) is 4.79 Å². The van der Waals surface area contributed by atoms with Gasteiger partial charge >= 0.3 is 5.97 Å². The molecule has 0 spiro atoms. The second-order valence-electron chi connectivity index (χ2n) is 3.03. The van der Waals surface area contributed by atoms with Crippen LogP contribution in [0.2, 0.25) is 0 Å². The van der Waals surface area contributed by atoms with E-state index in [0.29, 0.717) is 12.0 Å². The molecule has 0 radical (unpaired) electrons. The van der Waals surface area contributed by atoms with Crippen molar-refractivity contribution in [3.05, 3.63) is 34.4 Å². The summed E-state index contributed by atoms with van der Waals surface area (Å²) in [6, 6.07) is 5.14. The SMILES string of the molecule is CCc1ccc(C#N)c(C(=O)O)c1CCl. The third-order valence-electron chi connectivity index (χ3n) is 2.26. The van der Waals surface area contributed by atoms with E-state index in [4.69, 9.17) is 22.0 Å². The number of aromatic carboxylic acids is 1. The molecule has 1 aromatic rings. The Morgan fingerprint density at radius 2 is 2.27 bits per heavy atom. The van der Waals surface area contributed by atoms with Crippen molar-refractivity contribution >= 4 is 17.6 Å². The van der Waals surface area contributed by atoms with Crippen molar-refractivity contribution in [1.29, 1.82) is 5.26 Å². The van der Waals surface area contributed by atoms with Gasteiger partial charge in [0.05, 0.1) is 11.1 Å². The van der Waals surface area contributed by atoms with Crippen molar-refractivity contribution in [2.24, 2.45) is 0 Å². The number of carboxylic acids is 1. The highest BCUT2D eigenvalue weighted by molar-refractivity contribution is 6.18. The van der Waals surface area contributed by atoms with Gasteiger partial charge < -0.3 is 5.11 Å². The molecule has 15 heavy (non-hydrogen) atoms. The molecular weight excluding hydrogens is 214 g/mol. The molecule has 4 heteroatoms. The first-order chi connectivity index (χ1) is 7.15. The number of benzene rings is 1. The largest absolute Gasteiger partial charge is 0.478 e. The number of alkyl halides is 1. The second-order valence-corrected chi connectivity index (χ2v) is 3.30. The van der Waals surface area contributed by atoms with E-state index >= 15 is 0 Å². The minimum absolute atomic E-state index is 0.0341. The fourth-order valence-electron chi connectivity index (χ4n) is 1.51. The standard InChI is InChI=1S/C11H10ClNO2/c1-2-7-3-4-8(6-13)10(11(14)15)9(7)5-12/h3-4H,2,5H2,1H3,(H,14,15). The van der Waals surface area contributed by atoms with Gasteiger partial charge in [-0.05, 0) is 23.6 Å². The summed E-state index contributed by atoms with van der Waals surface area (Å²) in [5.41, 5.74) is 1.62. The lowest BCUT2D eigenvalue weighted by molar-refractivity contribution is 0.0695. The van der Waals surface area contributed by atoms with Crippen molar-refractivity contribution in [3.8, 4) is 6.07 Å². The first-order valence-electron chi connectivity index (χ1n) is 4.49. The molecule has 0 aliphatic carbocycles. The average molecular weight is 224 g/mol. The topological polar surface area (TPSA) is 61.1 Å². The Morgan fingerprint density at radius 1 is 1.60 bits per heavy atom. The summed E-state index contributed by atoms with van der Waals surface area (Å²) < 4.78 is 0. The van der Waals surface area contributed by atoms with Crippen molar-refractivity contribution < 1.29 is 9.90 Å². The maximum Gasteiger partial charge on any atom is 0.337 e. The lowest BCUT2D eigenvalue weighted by Gasteiger charge is -2.09. The minimum atomic E-state index is -1.10. The van der Waals surface area contributed by atoms with E-state index in [-0.39, 0.29) is 17.0 Å². The molecule has 0 amide bonds. The molecule has 0 saturated carbocycles. The van der Waals surface area contributed by atoms with Crippen LogP contribution >= 0.6 is 11.6 Å². The Bertz CT molecular complexity index is 435. The number of nitriles is 1. The predicted molar refractivity (Wildman–Crippen MR) is 57.1 cm³/mol. The average Bonchev–Trinajstić information content (AvgIpc) is 2.26. The van der Waals surface area contributed by atoms with Crippen LogP contribution in [0.15, 0.2) is 12.1 Å². The fourth-order valence-corrected chi connectivity index (χ4v) is 1.82. The van der Waals surface area contributed by atoms with Crippen molar-refractivity contribution in [3.63, 3.8) is 0 Å². The van der Waals surface area contributed by atoms with Crippen molar-refractivity contribution in [1.82, 2.24) is 0 Å². The number of hydrogen-bond acceptors (Lipinski definition) is 2. The molecular formula is C11H10ClNO2. The molecule has 1 rings (SSSR count). The molecule has 0 heterocycles. The van der Waals surface area contributed by atoms with Gasteiger partial charge in [0.1, 0.15) is 6.07 Å². The molecule has 0 bridgehead atoms. The first-order valence-corrected chi connectivity index (χ1v) is 5.03. The fraction of sp³-hybridized carbons (Fsp3) is 0.273. The van der Waals surface area contributed by atoms with E-state index < -0.39 is 5.97 Å². The molecule has 1 aromatic carbocycles. The molecule has 3 nitrogen and oxygen atoms in total. The lowest BCUT2D eigenvalue weighted by Crippen LogP contribution is -2.07. The Morgan fingerprint density at radius 3 is 2.67 bits per heavy atom. The third kappa shape index (κ3) is 2.11. The highest BCUT2D eigenvalue weighted by Gasteiger charge is 2.17. The van der Waals surface area contributed by atoms with Crippen LogP contribution in [0.25, 0.3) is 0 Å². The molecule has 78 valence electrons. The summed E-state index contributed by atoms with van der Waals surface area (Å²) in [6.45, 7) is 1.92. The van der Waals surface area contributed by atoms with Crippen LogP contribution in [0.4, 0.5) is 0 Å². The van der Waals surface area contributed by atoms with Gasteiger partial charge in [-0.1, -0.05) is 13.0 Å². The minimum Gasteiger partial charge on any atom is -0.478 e. The smallest absolute Gasteiger partial charge is 0.337 e. The lowest BCUT2D eigenvalue weighted by atomic mass is 9.96. The van der Waals surface area contributed by atoms with Gasteiger partial charge in [-0.2, -0.15) is 5.26 Å². The first kappa shape index (κ1) is 11.5. The van der Waals surface area contributed by atoms with Crippen LogP contribution < -0.4 is 0 Å². The van der Waals surface area contributed by atoms with Gasteiger partial charge in [0.25, 0.3) is 0 Å². The molecule has 1 N–H and O–H groups in total. The Balaban J connectivity index is 3.53. The quantitative estimate of drug-likeness (QED) is 0.801. The van der Waals surface area contributed by atoms with Gasteiger partial charge in [0, 0.05) is 5.88 Å². The summed E-state index contributed by atoms with van der Waals surface area (Å²) >= 11 is 5.72. The van der Waals surface area contributed by atoms with Crippen LogP contribution in [0.5, 0.6) is 0 Å². The van der Waals surface area contributed by atoms with Crippen molar-refractivity contribution in [2.75, 3.05) is 0 Å². The van der Waals surface area contributed by atoms with Gasteiger partial charge in [0.2, 0.25) is 0 Å². The van der Waals surface area contributed by atoms with E-state index in [1.165, 1.54) is 6.07 Å². The van der Waals surface area contributed by atoms with E-state index in [1.54, 1.807) is 6.07 Å². The zero-order valence-electron chi connectivity index (χ0n) is 8.25. The highest BCUT2D eigenvalue weighted by atomic mass is 35.5. The summed E-state index contributed by atoms with van der Waals surface area (Å²) in [7, 11) is 0. The molecule has 0 unspecified atom stereocenters. The monoisotopic (exact) mass is 223 g/mol. The van der Waals surface area contributed by atoms with E-state index in [0.717, 1.165) is 5.56 Å². The number of aryl methyl sites for hydroxylation is 1. The number of rotatable bonds is 3. The van der Waals surface area contributed by atoms with Crippen LogP contribution in [0, 0.1) is 11.3 Å². The highest BCUT2D eigenvalue weighted by Crippen LogP contribution is 2.21. The van der Waals surface area contributed by atoms with Gasteiger partial charge in [-0.25, -0.2) is 4.79 Å². The van der Waals surface area contributed by atoms with Crippen LogP contribution in [-0.4, -0.2) is 11.1 Å². The Labute approximate surface area is 92.9 Å². The predicted octanol–water partition coefficient (Wildman–Crippen LogP) is 2.56. The summed E-state index contributed by atoms with van der Waals surface area (Å²) in [5.74, 6) is -0.988. The van der Waals surface area contributed by atoms with Crippen molar-refractivity contribution in [2.45, 2.75) is 19.2 Å². The molecule has 0 atom stereocenters. The number of carboxylic acid groups (broad SMARTS) is 1. The number of halogens is 1. The normalized spacial score (nSPS) is 9.67. The van der Waals surface area contributed by atoms with Crippen LogP contribution in [-0.2, 0) is 12.3 Å². The Hall–Kier alpha value is -1.53. The maximum absolute atomic E-state index is 11.0. The number of carbonyl (C=O) groups is 1. The summed E-state index contributed by atoms with van der Waals surface area (Å²) in [6.07, 6.45) is 0.702. The Kier molecular flexibility index (Phi) is 3.70. The molecule has 0 aromatic heterocycles. The number of hydrogen-bond donors (Lipinski definition) is 1. The van der Waals surface area contributed by atoms with Crippen LogP contribution in [0.1, 0.15) is 34.0 Å². The molecule has 0 saturated heterocycles. The third-order valence-corrected chi connectivity index (χ3v) is 2.53. The summed E-state index contributed by atoms with van der Waals surface area (Å²) in [5, 5.41) is 17.8. The maximum atomic E-state index is 11.0. The molecule has 0 fully saturated rings. The van der Waals surface area contributed by atoms with Gasteiger partial charge in [-0.3, -0.25) is 0 Å². The number of nitrogens with zero attached hydrogens (tertiary/aromatic N) is 1. The van der Waals surface area contributed by atoms with Gasteiger partial charge in [0.15, 0.2) is 0 Å².